The lowest BCUT2D eigenvalue weighted by Crippen LogP contribution is -2.44. The quantitative estimate of drug-likeness (QED) is 0.863. The van der Waals surface area contributed by atoms with Crippen LogP contribution >= 0.6 is 23.2 Å². The number of allylic oxidation sites excluding steroid dienone is 1. The summed E-state index contributed by atoms with van der Waals surface area (Å²) in [5, 5.41) is 10.6. The lowest BCUT2D eigenvalue weighted by atomic mass is 10.1. The zero-order chi connectivity index (χ0) is 15.4. The molecule has 21 heavy (non-hydrogen) atoms. The predicted octanol–water partition coefficient (Wildman–Crippen LogP) is 3.06. The molecule has 2 aliphatic heterocycles. The van der Waals surface area contributed by atoms with Gasteiger partial charge in [0.2, 0.25) is 0 Å². The van der Waals surface area contributed by atoms with Gasteiger partial charge >= 0.3 is 0 Å². The number of hydrazone groups is 2. The highest BCUT2D eigenvalue weighted by atomic mass is 35.5. The summed E-state index contributed by atoms with van der Waals surface area (Å²) in [6, 6.07) is 7.25. The summed E-state index contributed by atoms with van der Waals surface area (Å²) in [7, 11) is 0. The second kappa shape index (κ2) is 6.74. The van der Waals surface area contributed by atoms with Crippen molar-refractivity contribution >= 4 is 46.7 Å². The normalized spacial score (nSPS) is 16.7. The zero-order valence-electron chi connectivity index (χ0n) is 11.6. The fourth-order valence-electron chi connectivity index (χ4n) is 1.81. The van der Waals surface area contributed by atoms with Gasteiger partial charge in [-0.15, -0.1) is 0 Å². The molecule has 1 aromatic carbocycles. The maximum Gasteiger partial charge on any atom is 0.261 e. The molecular formula is C14H14Cl2N4O. The Labute approximate surface area is 132 Å². The van der Waals surface area contributed by atoms with Crippen LogP contribution in [0.3, 0.4) is 0 Å². The maximum absolute atomic E-state index is 11.2. The Bertz CT molecular complexity index is 635. The number of carbonyl (C=O) groups is 1. The first-order valence-electron chi connectivity index (χ1n) is 6.49. The van der Waals surface area contributed by atoms with Crippen LogP contribution in [-0.2, 0) is 4.79 Å². The number of amidine groups is 1. The molecule has 0 atom stereocenters. The summed E-state index contributed by atoms with van der Waals surface area (Å²) < 4.78 is 0. The Hall–Kier alpha value is -1.85. The van der Waals surface area contributed by atoms with Gasteiger partial charge in [-0.25, -0.2) is 10.4 Å². The van der Waals surface area contributed by atoms with E-state index in [1.807, 2.05) is 26.0 Å². The van der Waals surface area contributed by atoms with Crippen LogP contribution in [0.25, 0.3) is 5.57 Å². The molecule has 0 saturated heterocycles. The van der Waals surface area contributed by atoms with Crippen LogP contribution < -0.4 is 5.43 Å². The summed E-state index contributed by atoms with van der Waals surface area (Å²) in [5.41, 5.74) is 4.01. The van der Waals surface area contributed by atoms with Crippen LogP contribution in [0.1, 0.15) is 19.4 Å². The Morgan fingerprint density at radius 1 is 1.19 bits per heavy atom. The van der Waals surface area contributed by atoms with E-state index < -0.39 is 0 Å². The van der Waals surface area contributed by atoms with Gasteiger partial charge in [-0.3, -0.25) is 4.79 Å². The average Bonchev–Trinajstić information content (AvgIpc) is 2.51. The second-order valence-electron chi connectivity index (χ2n) is 4.01. The number of carbonyl (C=O) groups excluding carboxylic acids is 1. The largest absolute Gasteiger partial charge is 0.271 e. The topological polar surface area (TPSA) is 57.1 Å². The first kappa shape index (κ1) is 15.5. The minimum Gasteiger partial charge on any atom is -0.271 e. The number of halogens is 2. The highest BCUT2D eigenvalue weighted by Gasteiger charge is 2.27. The zero-order valence-corrected chi connectivity index (χ0v) is 13.1. The smallest absolute Gasteiger partial charge is 0.261 e. The van der Waals surface area contributed by atoms with Gasteiger partial charge in [0.1, 0.15) is 6.54 Å². The minimum absolute atomic E-state index is 0.111. The lowest BCUT2D eigenvalue weighted by molar-refractivity contribution is -0.122. The molecule has 0 radical (unpaired) electrons. The summed E-state index contributed by atoms with van der Waals surface area (Å²) >= 11 is 12.2. The van der Waals surface area contributed by atoms with Crippen molar-refractivity contribution in [2.24, 2.45) is 10.2 Å². The summed E-state index contributed by atoms with van der Waals surface area (Å²) in [5.74, 6) is 0.217. The molecular weight excluding hydrogens is 311 g/mol. The number of benzene rings is 1. The third-order valence-corrected chi connectivity index (χ3v) is 3.36. The van der Waals surface area contributed by atoms with Crippen LogP contribution in [0, 0.1) is 0 Å². The molecule has 1 N–H and O–H groups in total. The lowest BCUT2D eigenvalue weighted by Gasteiger charge is -2.27. The Morgan fingerprint density at radius 2 is 1.86 bits per heavy atom. The molecule has 3 rings (SSSR count). The van der Waals surface area contributed by atoms with Gasteiger partial charge in [0.05, 0.1) is 11.2 Å². The first-order chi connectivity index (χ1) is 10.1. The molecule has 7 heteroatoms. The molecule has 0 fully saturated rings. The van der Waals surface area contributed by atoms with Crippen molar-refractivity contribution < 1.29 is 4.79 Å². The molecule has 1 aromatic rings. The number of nitrogens with zero attached hydrogens (tertiary/aromatic N) is 3. The van der Waals surface area contributed by atoms with E-state index in [1.54, 1.807) is 18.3 Å². The van der Waals surface area contributed by atoms with E-state index in [1.165, 1.54) is 5.01 Å². The summed E-state index contributed by atoms with van der Waals surface area (Å²) in [4.78, 5) is 11.2. The number of fused-ring (bicyclic) bond motifs is 1. The molecule has 5 nitrogen and oxygen atoms in total. The minimum atomic E-state index is -0.222. The molecule has 0 bridgehead atoms. The number of hydrogen-bond donors (Lipinski definition) is 1. The first-order valence-corrected chi connectivity index (χ1v) is 7.25. The van der Waals surface area contributed by atoms with E-state index in [4.69, 9.17) is 23.2 Å². The Kier molecular flexibility index (Phi) is 4.98. The van der Waals surface area contributed by atoms with Gasteiger partial charge in [0, 0.05) is 10.6 Å². The van der Waals surface area contributed by atoms with Crippen LogP contribution in [0.15, 0.2) is 39.5 Å². The summed E-state index contributed by atoms with van der Waals surface area (Å²) in [6.45, 7) is 4.11. The van der Waals surface area contributed by atoms with Crippen molar-refractivity contribution in [2.75, 3.05) is 6.54 Å². The predicted molar refractivity (Wildman–Crippen MR) is 86.3 cm³/mol. The third kappa shape index (κ3) is 3.25. The molecule has 0 unspecified atom stereocenters. The molecule has 0 aliphatic carbocycles. The van der Waals surface area contributed by atoms with Crippen molar-refractivity contribution in [1.29, 1.82) is 0 Å². The van der Waals surface area contributed by atoms with Crippen molar-refractivity contribution in [1.82, 2.24) is 10.4 Å². The fourth-order valence-corrected chi connectivity index (χ4v) is 2.24. The van der Waals surface area contributed by atoms with Gasteiger partial charge in [0.25, 0.3) is 5.91 Å². The van der Waals surface area contributed by atoms with E-state index in [0.29, 0.717) is 15.9 Å². The average molecular weight is 325 g/mol. The van der Waals surface area contributed by atoms with Gasteiger partial charge in [-0.1, -0.05) is 49.2 Å². The van der Waals surface area contributed by atoms with Crippen LogP contribution in [-0.4, -0.2) is 29.5 Å². The third-order valence-electron chi connectivity index (χ3n) is 2.74. The molecule has 110 valence electrons. The van der Waals surface area contributed by atoms with Crippen molar-refractivity contribution in [3.63, 3.8) is 0 Å². The van der Waals surface area contributed by atoms with Crippen LogP contribution in [0.5, 0.6) is 0 Å². The molecule has 1 amide bonds. The second-order valence-corrected chi connectivity index (χ2v) is 4.82. The molecule has 2 aliphatic rings. The molecule has 2 heterocycles. The fraction of sp³-hybridized carbons (Fsp3) is 0.214. The highest BCUT2D eigenvalue weighted by molar-refractivity contribution is 6.50. The standard InChI is InChI=1S/C12H8Cl2N4O.C2H6/c13-8-3-1-7(2-4-8)9-5-15-18-6-10(19)16-17-12(18)11(9)14;1-2/h1-5H,6H2,(H,16,19);1-2H3. The van der Waals surface area contributed by atoms with Crippen LogP contribution in [0.4, 0.5) is 0 Å². The summed E-state index contributed by atoms with van der Waals surface area (Å²) in [6.07, 6.45) is 1.61. The van der Waals surface area contributed by atoms with Gasteiger partial charge < -0.3 is 0 Å². The van der Waals surface area contributed by atoms with E-state index in [2.05, 4.69) is 15.6 Å². The number of rotatable bonds is 1. The monoisotopic (exact) mass is 324 g/mol. The number of amides is 1. The Morgan fingerprint density at radius 3 is 2.52 bits per heavy atom. The Balaban J connectivity index is 0.000000774. The van der Waals surface area contributed by atoms with Crippen molar-refractivity contribution in [3.05, 3.63) is 39.9 Å². The van der Waals surface area contributed by atoms with E-state index in [0.717, 1.165) is 11.1 Å². The van der Waals surface area contributed by atoms with Gasteiger partial charge in [-0.05, 0) is 17.7 Å². The van der Waals surface area contributed by atoms with E-state index >= 15 is 0 Å². The SMILES string of the molecule is CC.O=C1CN2N=CC(c3ccc(Cl)cc3)=C(Cl)C2=NN1. The number of hydrogen-bond acceptors (Lipinski definition) is 4. The van der Waals surface area contributed by atoms with Crippen molar-refractivity contribution in [2.45, 2.75) is 13.8 Å². The number of nitrogens with one attached hydrogen (secondary N) is 1. The highest BCUT2D eigenvalue weighted by Crippen LogP contribution is 2.27. The molecule has 0 aromatic heterocycles. The molecule has 0 saturated carbocycles. The molecule has 0 spiro atoms. The van der Waals surface area contributed by atoms with Crippen LogP contribution in [0.2, 0.25) is 5.02 Å². The van der Waals surface area contributed by atoms with E-state index in [9.17, 15) is 4.79 Å². The maximum atomic E-state index is 11.2. The van der Waals surface area contributed by atoms with E-state index in [-0.39, 0.29) is 12.5 Å². The van der Waals surface area contributed by atoms with Gasteiger partial charge in [0.15, 0.2) is 5.84 Å². The van der Waals surface area contributed by atoms with Crippen molar-refractivity contribution in [3.8, 4) is 0 Å². The van der Waals surface area contributed by atoms with Gasteiger partial charge in [-0.2, -0.15) is 10.2 Å².